The van der Waals surface area contributed by atoms with E-state index in [4.69, 9.17) is 4.74 Å². The first-order chi connectivity index (χ1) is 8.78. The number of unbranched alkanes of at least 4 members (excludes halogenated alkanes) is 1. The molecule has 2 heteroatoms. The highest BCUT2D eigenvalue weighted by molar-refractivity contribution is 9.09. The number of hydrogen-bond acceptors (Lipinski definition) is 1. The van der Waals surface area contributed by atoms with Gasteiger partial charge in [0.25, 0.3) is 0 Å². The van der Waals surface area contributed by atoms with Crippen LogP contribution in [-0.4, -0.2) is 11.9 Å². The molecular formula is C16H23BrO. The van der Waals surface area contributed by atoms with Crippen molar-refractivity contribution < 1.29 is 4.74 Å². The van der Waals surface area contributed by atoms with Gasteiger partial charge in [-0.2, -0.15) is 0 Å². The van der Waals surface area contributed by atoms with Crippen molar-refractivity contribution in [3.05, 3.63) is 29.8 Å². The van der Waals surface area contributed by atoms with Crippen molar-refractivity contribution in [2.24, 2.45) is 5.41 Å². The van der Waals surface area contributed by atoms with Crippen LogP contribution in [0.4, 0.5) is 0 Å². The lowest BCUT2D eigenvalue weighted by Gasteiger charge is -2.39. The lowest BCUT2D eigenvalue weighted by Crippen LogP contribution is -2.37. The Morgan fingerprint density at radius 1 is 1.22 bits per heavy atom. The van der Waals surface area contributed by atoms with E-state index in [1.807, 2.05) is 0 Å². The summed E-state index contributed by atoms with van der Waals surface area (Å²) in [6.45, 7) is 3.09. The Hall–Kier alpha value is -0.500. The lowest BCUT2D eigenvalue weighted by molar-refractivity contribution is 0.0838. The number of ether oxygens (including phenoxy) is 1. The van der Waals surface area contributed by atoms with Crippen LogP contribution in [0.2, 0.25) is 0 Å². The zero-order valence-electron chi connectivity index (χ0n) is 11.3. The molecule has 0 unspecified atom stereocenters. The average molecular weight is 311 g/mol. The second-order valence-corrected chi connectivity index (χ2v) is 6.08. The van der Waals surface area contributed by atoms with Crippen LogP contribution in [0, 0.1) is 5.41 Å². The molecule has 0 radical (unpaired) electrons. The molecule has 0 aliphatic heterocycles. The number of rotatable bonds is 7. The van der Waals surface area contributed by atoms with Gasteiger partial charge in [0, 0.05) is 10.7 Å². The Kier molecular flexibility index (Phi) is 5.11. The van der Waals surface area contributed by atoms with Crippen molar-refractivity contribution in [1.29, 1.82) is 0 Å². The SMILES string of the molecule is CCCCc1ccc(OCC2(CBr)CCC2)cc1. The fraction of sp³-hybridized carbons (Fsp3) is 0.625. The van der Waals surface area contributed by atoms with Crippen molar-refractivity contribution in [2.45, 2.75) is 45.4 Å². The molecule has 18 heavy (non-hydrogen) atoms. The van der Waals surface area contributed by atoms with Gasteiger partial charge in [0.1, 0.15) is 5.75 Å². The van der Waals surface area contributed by atoms with E-state index in [1.54, 1.807) is 0 Å². The summed E-state index contributed by atoms with van der Waals surface area (Å²) in [5, 5.41) is 1.06. The Morgan fingerprint density at radius 3 is 2.44 bits per heavy atom. The van der Waals surface area contributed by atoms with Gasteiger partial charge in [-0.15, -0.1) is 0 Å². The molecule has 1 nitrogen and oxygen atoms in total. The minimum atomic E-state index is 0.404. The van der Waals surface area contributed by atoms with Crippen LogP contribution < -0.4 is 4.74 Å². The third-order valence-electron chi connectivity index (χ3n) is 3.99. The molecule has 1 saturated carbocycles. The fourth-order valence-corrected chi connectivity index (χ4v) is 3.09. The van der Waals surface area contributed by atoms with E-state index < -0.39 is 0 Å². The highest BCUT2D eigenvalue weighted by atomic mass is 79.9. The van der Waals surface area contributed by atoms with Gasteiger partial charge in [-0.3, -0.25) is 0 Å². The van der Waals surface area contributed by atoms with E-state index in [0.717, 1.165) is 17.7 Å². The maximum Gasteiger partial charge on any atom is 0.119 e. The largest absolute Gasteiger partial charge is 0.493 e. The first-order valence-corrected chi connectivity index (χ1v) is 8.18. The molecule has 1 aliphatic rings. The normalized spacial score (nSPS) is 17.2. The molecule has 1 aromatic rings. The van der Waals surface area contributed by atoms with E-state index in [9.17, 15) is 0 Å². The number of alkyl halides is 1. The minimum Gasteiger partial charge on any atom is -0.493 e. The average Bonchev–Trinajstić information content (AvgIpc) is 2.37. The van der Waals surface area contributed by atoms with Crippen LogP contribution in [0.1, 0.15) is 44.6 Å². The number of aryl methyl sites for hydroxylation is 1. The highest BCUT2D eigenvalue weighted by Gasteiger charge is 2.36. The molecule has 1 fully saturated rings. The molecule has 100 valence electrons. The third kappa shape index (κ3) is 3.50. The van der Waals surface area contributed by atoms with Gasteiger partial charge in [0.05, 0.1) is 6.61 Å². The highest BCUT2D eigenvalue weighted by Crippen LogP contribution is 2.42. The Labute approximate surface area is 119 Å². The summed E-state index contributed by atoms with van der Waals surface area (Å²) >= 11 is 3.62. The molecule has 0 saturated heterocycles. The van der Waals surface area contributed by atoms with Crippen LogP contribution in [0.15, 0.2) is 24.3 Å². The zero-order chi connectivity index (χ0) is 12.8. The van der Waals surface area contributed by atoms with Crippen molar-refractivity contribution in [2.75, 3.05) is 11.9 Å². The predicted octanol–water partition coefficient (Wildman–Crippen LogP) is 4.97. The van der Waals surface area contributed by atoms with Gasteiger partial charge in [0.2, 0.25) is 0 Å². The Balaban J connectivity index is 1.82. The van der Waals surface area contributed by atoms with Gasteiger partial charge in [-0.1, -0.05) is 47.8 Å². The summed E-state index contributed by atoms with van der Waals surface area (Å²) in [5.74, 6) is 1.02. The molecule has 0 aromatic heterocycles. The van der Waals surface area contributed by atoms with Gasteiger partial charge in [-0.05, 0) is 43.4 Å². The molecule has 0 bridgehead atoms. The fourth-order valence-electron chi connectivity index (χ4n) is 2.36. The second kappa shape index (κ2) is 6.60. The third-order valence-corrected chi connectivity index (χ3v) is 5.17. The Morgan fingerprint density at radius 2 is 1.94 bits per heavy atom. The van der Waals surface area contributed by atoms with E-state index in [2.05, 4.69) is 47.1 Å². The molecule has 0 spiro atoms. The van der Waals surface area contributed by atoms with Crippen molar-refractivity contribution >= 4 is 15.9 Å². The summed E-state index contributed by atoms with van der Waals surface area (Å²) in [7, 11) is 0. The maximum atomic E-state index is 5.93. The van der Waals surface area contributed by atoms with Crippen LogP contribution in [-0.2, 0) is 6.42 Å². The molecule has 0 heterocycles. The molecule has 0 atom stereocenters. The smallest absolute Gasteiger partial charge is 0.119 e. The number of benzene rings is 1. The van der Waals surface area contributed by atoms with Crippen LogP contribution in [0.25, 0.3) is 0 Å². The van der Waals surface area contributed by atoms with Crippen molar-refractivity contribution in [1.82, 2.24) is 0 Å². The number of hydrogen-bond donors (Lipinski definition) is 0. The first kappa shape index (κ1) is 13.9. The topological polar surface area (TPSA) is 9.23 Å². The molecule has 1 aromatic carbocycles. The molecular weight excluding hydrogens is 288 g/mol. The quantitative estimate of drug-likeness (QED) is 0.646. The van der Waals surface area contributed by atoms with Gasteiger partial charge < -0.3 is 4.74 Å². The number of halogens is 1. The van der Waals surface area contributed by atoms with Crippen molar-refractivity contribution in [3.63, 3.8) is 0 Å². The van der Waals surface area contributed by atoms with Gasteiger partial charge >= 0.3 is 0 Å². The molecule has 0 amide bonds. The van der Waals surface area contributed by atoms with E-state index in [0.29, 0.717) is 5.41 Å². The predicted molar refractivity (Wildman–Crippen MR) is 80.6 cm³/mol. The monoisotopic (exact) mass is 310 g/mol. The van der Waals surface area contributed by atoms with Crippen molar-refractivity contribution in [3.8, 4) is 5.75 Å². The maximum absolute atomic E-state index is 5.93. The first-order valence-electron chi connectivity index (χ1n) is 7.06. The molecule has 0 N–H and O–H groups in total. The summed E-state index contributed by atoms with van der Waals surface area (Å²) in [6, 6.07) is 8.64. The summed E-state index contributed by atoms with van der Waals surface area (Å²) in [4.78, 5) is 0. The Bertz CT molecular complexity index is 348. The second-order valence-electron chi connectivity index (χ2n) is 5.52. The van der Waals surface area contributed by atoms with Crippen LogP contribution in [0.5, 0.6) is 5.75 Å². The summed E-state index contributed by atoms with van der Waals surface area (Å²) in [6.07, 6.45) is 7.66. The lowest BCUT2D eigenvalue weighted by atomic mass is 9.71. The minimum absolute atomic E-state index is 0.404. The van der Waals surface area contributed by atoms with E-state index in [1.165, 1.54) is 44.1 Å². The zero-order valence-corrected chi connectivity index (χ0v) is 12.8. The van der Waals surface area contributed by atoms with E-state index in [-0.39, 0.29) is 0 Å². The van der Waals surface area contributed by atoms with Crippen LogP contribution >= 0.6 is 15.9 Å². The molecule has 1 aliphatic carbocycles. The molecule has 2 rings (SSSR count). The summed E-state index contributed by atoms with van der Waals surface area (Å²) < 4.78 is 5.93. The standard InChI is InChI=1S/C16H23BrO/c1-2-3-5-14-6-8-15(9-7-14)18-13-16(12-17)10-4-11-16/h6-9H,2-5,10-13H2,1H3. The van der Waals surface area contributed by atoms with Gasteiger partial charge in [-0.25, -0.2) is 0 Å². The summed E-state index contributed by atoms with van der Waals surface area (Å²) in [5.41, 5.74) is 1.82. The van der Waals surface area contributed by atoms with E-state index >= 15 is 0 Å². The van der Waals surface area contributed by atoms with Gasteiger partial charge in [0.15, 0.2) is 0 Å². The van der Waals surface area contributed by atoms with Crippen LogP contribution in [0.3, 0.4) is 0 Å².